The number of esters is 1. The molecule has 40 heavy (non-hydrogen) atoms. The molecule has 1 saturated carbocycles. The second kappa shape index (κ2) is 12.0. The van der Waals surface area contributed by atoms with E-state index in [9.17, 15) is 18.8 Å². The standard InChI is InChI=1S/C29H30F2N2O7/c1-2-38-28(35)22-15-33(19-8-9-19)25-21(26(22)34)14-23(30)24(31)27(25)39-12-10-20-17-37-13-11-32(20)29(36)40-16-18-6-4-3-5-7-18/h3-7,14-15,19-20H,2,8-13,16-17H2,1H3. The number of halogens is 2. The fourth-order valence-corrected chi connectivity index (χ4v) is 4.79. The predicted octanol–water partition coefficient (Wildman–Crippen LogP) is 4.60. The Hall–Kier alpha value is -3.99. The molecule has 0 N–H and O–H groups in total. The van der Waals surface area contributed by atoms with Crippen LogP contribution in [0.25, 0.3) is 10.9 Å². The number of hydrogen-bond donors (Lipinski definition) is 0. The number of carbonyl (C=O) groups excluding carboxylic acids is 2. The lowest BCUT2D eigenvalue weighted by Gasteiger charge is -2.34. The monoisotopic (exact) mass is 556 g/mol. The van der Waals surface area contributed by atoms with Crippen LogP contribution in [0.5, 0.6) is 5.75 Å². The quantitative estimate of drug-likeness (QED) is 0.356. The number of amides is 1. The van der Waals surface area contributed by atoms with Gasteiger partial charge in [-0.1, -0.05) is 30.3 Å². The zero-order chi connectivity index (χ0) is 28.2. The first kappa shape index (κ1) is 27.6. The third kappa shape index (κ3) is 5.79. The summed E-state index contributed by atoms with van der Waals surface area (Å²) >= 11 is 0. The third-order valence-electron chi connectivity index (χ3n) is 6.97. The van der Waals surface area contributed by atoms with E-state index in [2.05, 4.69) is 0 Å². The fourth-order valence-electron chi connectivity index (χ4n) is 4.79. The molecule has 212 valence electrons. The molecule has 11 heteroatoms. The van der Waals surface area contributed by atoms with Crippen LogP contribution < -0.4 is 10.2 Å². The molecule has 1 saturated heterocycles. The van der Waals surface area contributed by atoms with Gasteiger partial charge in [-0.05, 0) is 31.4 Å². The molecule has 0 radical (unpaired) electrons. The highest BCUT2D eigenvalue weighted by Crippen LogP contribution is 2.40. The largest absolute Gasteiger partial charge is 0.488 e. The summed E-state index contributed by atoms with van der Waals surface area (Å²) in [6, 6.07) is 9.57. The Morgan fingerprint density at radius 3 is 2.62 bits per heavy atom. The van der Waals surface area contributed by atoms with E-state index in [1.54, 1.807) is 16.4 Å². The molecule has 1 aliphatic heterocycles. The number of fused-ring (bicyclic) bond motifs is 1. The Bertz CT molecular complexity index is 1460. The van der Waals surface area contributed by atoms with E-state index >= 15 is 4.39 Å². The minimum absolute atomic E-state index is 0.0631. The molecule has 5 rings (SSSR count). The maximum atomic E-state index is 15.1. The van der Waals surface area contributed by atoms with Gasteiger partial charge in [-0.2, -0.15) is 4.39 Å². The normalized spacial score (nSPS) is 17.1. The van der Waals surface area contributed by atoms with Crippen molar-refractivity contribution in [1.29, 1.82) is 0 Å². The molecule has 9 nitrogen and oxygen atoms in total. The molecule has 3 aromatic rings. The molecular weight excluding hydrogens is 526 g/mol. The maximum absolute atomic E-state index is 15.1. The summed E-state index contributed by atoms with van der Waals surface area (Å²) in [5.41, 5.74) is -0.0759. The van der Waals surface area contributed by atoms with E-state index in [-0.39, 0.29) is 55.4 Å². The Morgan fingerprint density at radius 2 is 1.90 bits per heavy atom. The highest BCUT2D eigenvalue weighted by molar-refractivity contribution is 5.95. The average molecular weight is 557 g/mol. The summed E-state index contributed by atoms with van der Waals surface area (Å²) in [6.07, 6.45) is 2.57. The van der Waals surface area contributed by atoms with Gasteiger partial charge in [-0.25, -0.2) is 14.0 Å². The van der Waals surface area contributed by atoms with Gasteiger partial charge in [0.05, 0.1) is 43.4 Å². The summed E-state index contributed by atoms with van der Waals surface area (Å²) < 4.78 is 53.2. The maximum Gasteiger partial charge on any atom is 0.410 e. The second-order valence-electron chi connectivity index (χ2n) is 9.73. The molecule has 1 aliphatic carbocycles. The van der Waals surface area contributed by atoms with Crippen molar-refractivity contribution in [2.45, 2.75) is 44.9 Å². The molecule has 0 spiro atoms. The minimum atomic E-state index is -1.27. The van der Waals surface area contributed by atoms with Crippen LogP contribution in [-0.2, 0) is 20.8 Å². The molecule has 2 aliphatic rings. The molecule has 2 aromatic carbocycles. The number of aromatic nitrogens is 1. The Kier molecular flexibility index (Phi) is 8.29. The van der Waals surface area contributed by atoms with Gasteiger partial charge >= 0.3 is 12.1 Å². The molecular formula is C29H30F2N2O7. The average Bonchev–Trinajstić information content (AvgIpc) is 3.81. The number of nitrogens with zero attached hydrogens (tertiary/aromatic N) is 2. The molecule has 1 unspecified atom stereocenters. The summed E-state index contributed by atoms with van der Waals surface area (Å²) in [4.78, 5) is 39.9. The Balaban J connectivity index is 1.36. The Labute approximate surface area is 229 Å². The van der Waals surface area contributed by atoms with Gasteiger partial charge in [0.25, 0.3) is 0 Å². The number of pyridine rings is 1. The van der Waals surface area contributed by atoms with Crippen LogP contribution in [0.15, 0.2) is 47.4 Å². The summed E-state index contributed by atoms with van der Waals surface area (Å²) in [5, 5.41) is -0.168. The molecule has 2 fully saturated rings. The van der Waals surface area contributed by atoms with Crippen molar-refractivity contribution in [3.8, 4) is 5.75 Å². The van der Waals surface area contributed by atoms with Crippen molar-refractivity contribution >= 4 is 23.0 Å². The number of rotatable bonds is 9. The van der Waals surface area contributed by atoms with Gasteiger partial charge in [-0.15, -0.1) is 0 Å². The highest BCUT2D eigenvalue weighted by atomic mass is 19.2. The van der Waals surface area contributed by atoms with E-state index in [1.165, 1.54) is 6.20 Å². The van der Waals surface area contributed by atoms with Gasteiger partial charge in [0.15, 0.2) is 11.6 Å². The minimum Gasteiger partial charge on any atom is -0.488 e. The molecule has 1 aromatic heterocycles. The van der Waals surface area contributed by atoms with Crippen LogP contribution in [0, 0.1) is 11.6 Å². The summed E-state index contributed by atoms with van der Waals surface area (Å²) in [5.74, 6) is -3.74. The van der Waals surface area contributed by atoms with Gasteiger partial charge in [0.2, 0.25) is 11.2 Å². The van der Waals surface area contributed by atoms with Crippen LogP contribution in [0.3, 0.4) is 0 Å². The number of morpholine rings is 1. The Morgan fingerprint density at radius 1 is 1.12 bits per heavy atom. The smallest absolute Gasteiger partial charge is 0.410 e. The van der Waals surface area contributed by atoms with Crippen molar-refractivity contribution in [3.63, 3.8) is 0 Å². The van der Waals surface area contributed by atoms with E-state index in [0.717, 1.165) is 24.5 Å². The molecule has 0 bridgehead atoms. The van der Waals surface area contributed by atoms with Crippen LogP contribution in [-0.4, -0.2) is 60.5 Å². The first-order valence-electron chi connectivity index (χ1n) is 13.3. The zero-order valence-electron chi connectivity index (χ0n) is 22.1. The molecule has 2 heterocycles. The van der Waals surface area contributed by atoms with Gasteiger partial charge in [-0.3, -0.25) is 4.79 Å². The van der Waals surface area contributed by atoms with E-state index in [1.807, 2.05) is 30.3 Å². The van der Waals surface area contributed by atoms with Crippen molar-refractivity contribution < 1.29 is 37.3 Å². The number of carbonyl (C=O) groups is 2. The number of hydrogen-bond acceptors (Lipinski definition) is 7. The first-order valence-corrected chi connectivity index (χ1v) is 13.3. The third-order valence-corrected chi connectivity index (χ3v) is 6.97. The summed E-state index contributed by atoms with van der Waals surface area (Å²) in [7, 11) is 0. The van der Waals surface area contributed by atoms with E-state index in [4.69, 9.17) is 18.9 Å². The van der Waals surface area contributed by atoms with Crippen LogP contribution >= 0.6 is 0 Å². The molecule has 1 amide bonds. The first-order chi connectivity index (χ1) is 19.4. The predicted molar refractivity (Wildman–Crippen MR) is 140 cm³/mol. The zero-order valence-corrected chi connectivity index (χ0v) is 22.1. The van der Waals surface area contributed by atoms with Crippen molar-refractivity contribution in [3.05, 3.63) is 75.6 Å². The topological polar surface area (TPSA) is 96.3 Å². The van der Waals surface area contributed by atoms with Gasteiger partial charge < -0.3 is 28.4 Å². The SMILES string of the molecule is CCOC(=O)c1cn(C2CC2)c2c(OCCC3COCCN3C(=O)OCc3ccccc3)c(F)c(F)cc2c1=O. The van der Waals surface area contributed by atoms with Crippen LogP contribution in [0.2, 0.25) is 0 Å². The number of ether oxygens (including phenoxy) is 4. The number of benzene rings is 2. The summed E-state index contributed by atoms with van der Waals surface area (Å²) in [6.45, 7) is 2.59. The van der Waals surface area contributed by atoms with Crippen molar-refractivity contribution in [1.82, 2.24) is 9.47 Å². The lowest BCUT2D eigenvalue weighted by molar-refractivity contribution is -0.0163. The van der Waals surface area contributed by atoms with Crippen LogP contribution in [0.4, 0.5) is 13.6 Å². The second-order valence-corrected chi connectivity index (χ2v) is 9.73. The van der Waals surface area contributed by atoms with E-state index < -0.39 is 40.9 Å². The van der Waals surface area contributed by atoms with E-state index in [0.29, 0.717) is 13.2 Å². The highest BCUT2D eigenvalue weighted by Gasteiger charge is 2.32. The van der Waals surface area contributed by atoms with Gasteiger partial charge in [0.1, 0.15) is 12.2 Å². The van der Waals surface area contributed by atoms with Gasteiger partial charge in [0, 0.05) is 25.2 Å². The van der Waals surface area contributed by atoms with Crippen molar-refractivity contribution in [2.24, 2.45) is 0 Å². The lowest BCUT2D eigenvalue weighted by atomic mass is 10.1. The van der Waals surface area contributed by atoms with Crippen molar-refractivity contribution in [2.75, 3.05) is 33.0 Å². The fraction of sp³-hybridized carbons (Fsp3) is 0.414. The molecule has 1 atom stereocenters. The lowest BCUT2D eigenvalue weighted by Crippen LogP contribution is -2.49. The van der Waals surface area contributed by atoms with Crippen LogP contribution in [0.1, 0.15) is 48.1 Å².